The van der Waals surface area contributed by atoms with Crippen LogP contribution >= 0.6 is 0 Å². The fourth-order valence-electron chi connectivity index (χ4n) is 2.10. The Balaban J connectivity index is 2.12. The number of hydrogen-bond acceptors (Lipinski definition) is 3. The number of rotatable bonds is 4. The average Bonchev–Trinajstić information content (AvgIpc) is 2.44. The highest BCUT2D eigenvalue weighted by atomic mass is 19.4. The monoisotopic (exact) mass is 295 g/mol. The summed E-state index contributed by atoms with van der Waals surface area (Å²) in [5, 5.41) is 3.06. The topological polar surface area (TPSA) is 37.8 Å². The van der Waals surface area contributed by atoms with Gasteiger partial charge in [0.15, 0.2) is 0 Å². The molecule has 1 atom stereocenters. The van der Waals surface area contributed by atoms with Gasteiger partial charge in [-0.2, -0.15) is 13.2 Å². The second-order valence-corrected chi connectivity index (χ2v) is 4.78. The fourth-order valence-corrected chi connectivity index (χ4v) is 2.10. The lowest BCUT2D eigenvalue weighted by molar-refractivity contribution is -0.138. The van der Waals surface area contributed by atoms with Gasteiger partial charge >= 0.3 is 6.18 Å². The first-order valence-electron chi connectivity index (χ1n) is 6.56. The lowest BCUT2D eigenvalue weighted by atomic mass is 10.0. The van der Waals surface area contributed by atoms with Crippen molar-refractivity contribution in [1.82, 2.24) is 15.3 Å². The Bertz CT molecular complexity index is 611. The number of aryl methyl sites for hydroxylation is 1. The SMILES string of the molecule is Cc1nccc(CNC(C)c2ccccc2C(F)(F)F)n1. The summed E-state index contributed by atoms with van der Waals surface area (Å²) in [6, 6.07) is 6.90. The molecule has 3 nitrogen and oxygen atoms in total. The van der Waals surface area contributed by atoms with E-state index in [1.807, 2.05) is 0 Å². The zero-order valence-corrected chi connectivity index (χ0v) is 11.8. The maximum atomic E-state index is 13.0. The first-order valence-corrected chi connectivity index (χ1v) is 6.56. The van der Waals surface area contributed by atoms with E-state index in [1.165, 1.54) is 12.1 Å². The Labute approximate surface area is 121 Å². The number of halogens is 3. The fraction of sp³-hybridized carbons (Fsp3) is 0.333. The molecule has 2 rings (SSSR count). The first kappa shape index (κ1) is 15.4. The second-order valence-electron chi connectivity index (χ2n) is 4.78. The molecule has 2 aromatic rings. The summed E-state index contributed by atoms with van der Waals surface area (Å²) in [6.45, 7) is 3.86. The Morgan fingerprint density at radius 2 is 1.90 bits per heavy atom. The van der Waals surface area contributed by atoms with E-state index in [4.69, 9.17) is 0 Å². The Kier molecular flexibility index (Phi) is 4.57. The Morgan fingerprint density at radius 1 is 1.19 bits per heavy atom. The normalized spacial score (nSPS) is 13.2. The van der Waals surface area contributed by atoms with Crippen LogP contribution in [0.25, 0.3) is 0 Å². The minimum Gasteiger partial charge on any atom is -0.305 e. The maximum absolute atomic E-state index is 13.0. The van der Waals surface area contributed by atoms with E-state index < -0.39 is 17.8 Å². The van der Waals surface area contributed by atoms with Crippen LogP contribution in [0.1, 0.15) is 35.6 Å². The standard InChI is InChI=1S/C15H16F3N3/c1-10(20-9-12-7-8-19-11(2)21-12)13-5-3-4-6-14(13)15(16,17)18/h3-8,10,20H,9H2,1-2H3. The van der Waals surface area contributed by atoms with Crippen LogP contribution in [0.3, 0.4) is 0 Å². The highest BCUT2D eigenvalue weighted by Gasteiger charge is 2.33. The number of hydrogen-bond donors (Lipinski definition) is 1. The van der Waals surface area contributed by atoms with Crippen molar-refractivity contribution in [1.29, 1.82) is 0 Å². The molecule has 0 fully saturated rings. The van der Waals surface area contributed by atoms with Gasteiger partial charge in [-0.05, 0) is 31.5 Å². The van der Waals surface area contributed by atoms with Crippen LogP contribution in [-0.2, 0) is 12.7 Å². The molecule has 1 unspecified atom stereocenters. The van der Waals surface area contributed by atoms with Crippen molar-refractivity contribution >= 4 is 0 Å². The smallest absolute Gasteiger partial charge is 0.305 e. The van der Waals surface area contributed by atoms with Crippen molar-refractivity contribution in [2.75, 3.05) is 0 Å². The van der Waals surface area contributed by atoms with Gasteiger partial charge in [-0.15, -0.1) is 0 Å². The van der Waals surface area contributed by atoms with Crippen molar-refractivity contribution in [3.8, 4) is 0 Å². The number of nitrogens with zero attached hydrogens (tertiary/aromatic N) is 2. The number of alkyl halides is 3. The third-order valence-corrected chi connectivity index (χ3v) is 3.16. The molecule has 0 saturated heterocycles. The lowest BCUT2D eigenvalue weighted by Gasteiger charge is -2.19. The molecule has 0 radical (unpaired) electrons. The van der Waals surface area contributed by atoms with E-state index in [2.05, 4.69) is 15.3 Å². The molecule has 1 aromatic heterocycles. The Morgan fingerprint density at radius 3 is 2.57 bits per heavy atom. The van der Waals surface area contributed by atoms with E-state index in [0.29, 0.717) is 12.4 Å². The molecule has 0 saturated carbocycles. The first-order chi connectivity index (χ1) is 9.88. The van der Waals surface area contributed by atoms with E-state index >= 15 is 0 Å². The van der Waals surface area contributed by atoms with Gasteiger partial charge in [0.25, 0.3) is 0 Å². The third-order valence-electron chi connectivity index (χ3n) is 3.16. The molecule has 1 heterocycles. The summed E-state index contributed by atoms with van der Waals surface area (Å²) in [5.74, 6) is 0.637. The molecule has 0 spiro atoms. The van der Waals surface area contributed by atoms with Gasteiger partial charge in [-0.1, -0.05) is 18.2 Å². The number of benzene rings is 1. The zero-order chi connectivity index (χ0) is 15.5. The predicted molar refractivity (Wildman–Crippen MR) is 73.5 cm³/mol. The molecule has 21 heavy (non-hydrogen) atoms. The van der Waals surface area contributed by atoms with Crippen molar-refractivity contribution in [3.63, 3.8) is 0 Å². The summed E-state index contributed by atoms with van der Waals surface area (Å²) < 4.78 is 38.9. The highest BCUT2D eigenvalue weighted by Crippen LogP contribution is 2.34. The zero-order valence-electron chi connectivity index (χ0n) is 11.8. The number of nitrogens with one attached hydrogen (secondary N) is 1. The van der Waals surface area contributed by atoms with Crippen LogP contribution in [0.2, 0.25) is 0 Å². The quantitative estimate of drug-likeness (QED) is 0.935. The number of aromatic nitrogens is 2. The summed E-state index contributed by atoms with van der Waals surface area (Å²) >= 11 is 0. The van der Waals surface area contributed by atoms with Gasteiger partial charge < -0.3 is 5.32 Å². The largest absolute Gasteiger partial charge is 0.416 e. The van der Waals surface area contributed by atoms with Crippen LogP contribution in [-0.4, -0.2) is 9.97 Å². The summed E-state index contributed by atoms with van der Waals surface area (Å²) in [7, 11) is 0. The van der Waals surface area contributed by atoms with Gasteiger partial charge in [0.2, 0.25) is 0 Å². The van der Waals surface area contributed by atoms with Gasteiger partial charge in [-0.25, -0.2) is 9.97 Å². The molecular weight excluding hydrogens is 279 g/mol. The molecule has 6 heteroatoms. The lowest BCUT2D eigenvalue weighted by Crippen LogP contribution is -2.22. The molecular formula is C15H16F3N3. The van der Waals surface area contributed by atoms with Crippen LogP contribution in [0.5, 0.6) is 0 Å². The second kappa shape index (κ2) is 6.22. The molecule has 1 N–H and O–H groups in total. The van der Waals surface area contributed by atoms with E-state index in [0.717, 1.165) is 11.8 Å². The van der Waals surface area contributed by atoms with Crippen molar-refractivity contribution in [2.45, 2.75) is 32.6 Å². The van der Waals surface area contributed by atoms with Gasteiger partial charge in [0.1, 0.15) is 5.82 Å². The van der Waals surface area contributed by atoms with Gasteiger partial charge in [0.05, 0.1) is 11.3 Å². The van der Waals surface area contributed by atoms with Crippen LogP contribution in [0.4, 0.5) is 13.2 Å². The van der Waals surface area contributed by atoms with E-state index in [1.54, 1.807) is 32.2 Å². The molecule has 0 aliphatic rings. The van der Waals surface area contributed by atoms with Gasteiger partial charge in [0, 0.05) is 18.8 Å². The molecule has 0 amide bonds. The molecule has 1 aromatic carbocycles. The summed E-state index contributed by atoms with van der Waals surface area (Å²) in [6.07, 6.45) is -2.72. The predicted octanol–water partition coefficient (Wildman–Crippen LogP) is 3.65. The van der Waals surface area contributed by atoms with Crippen LogP contribution < -0.4 is 5.32 Å². The summed E-state index contributed by atoms with van der Waals surface area (Å²) in [4.78, 5) is 8.20. The molecule has 0 bridgehead atoms. The average molecular weight is 295 g/mol. The van der Waals surface area contributed by atoms with E-state index in [9.17, 15) is 13.2 Å². The minimum atomic E-state index is -4.35. The van der Waals surface area contributed by atoms with E-state index in [-0.39, 0.29) is 5.56 Å². The molecule has 0 aliphatic carbocycles. The maximum Gasteiger partial charge on any atom is 0.416 e. The summed E-state index contributed by atoms with van der Waals surface area (Å²) in [5.41, 5.74) is 0.374. The minimum absolute atomic E-state index is 0.232. The molecule has 0 aliphatic heterocycles. The van der Waals surface area contributed by atoms with Crippen molar-refractivity contribution in [2.24, 2.45) is 0 Å². The highest BCUT2D eigenvalue weighted by molar-refractivity contribution is 5.32. The molecule has 112 valence electrons. The third kappa shape index (κ3) is 4.01. The van der Waals surface area contributed by atoms with Crippen LogP contribution in [0, 0.1) is 6.92 Å². The Hall–Kier alpha value is -1.95. The van der Waals surface area contributed by atoms with Gasteiger partial charge in [-0.3, -0.25) is 0 Å². The van der Waals surface area contributed by atoms with Crippen molar-refractivity contribution in [3.05, 3.63) is 59.2 Å². The van der Waals surface area contributed by atoms with Crippen molar-refractivity contribution < 1.29 is 13.2 Å². The van der Waals surface area contributed by atoms with Crippen LogP contribution in [0.15, 0.2) is 36.5 Å².